The van der Waals surface area contributed by atoms with Crippen LogP contribution >= 0.6 is 0 Å². The third-order valence-corrected chi connectivity index (χ3v) is 13.7. The molecule has 0 bridgehead atoms. The maximum atomic E-state index is 15.5. The second-order valence-corrected chi connectivity index (χ2v) is 18.4. The lowest BCUT2D eigenvalue weighted by Gasteiger charge is -2.63. The van der Waals surface area contributed by atoms with Crippen LogP contribution < -0.4 is 25.2 Å². The first-order chi connectivity index (χ1) is 30.1. The Kier molecular flexibility index (Phi) is 10.6. The minimum atomic E-state index is -1.11. The number of pyridine rings is 1. The fourth-order valence-electron chi connectivity index (χ4n) is 10.7. The van der Waals surface area contributed by atoms with Gasteiger partial charge >= 0.3 is 0 Å². The predicted molar refractivity (Wildman–Crippen MR) is 230 cm³/mol. The van der Waals surface area contributed by atoms with E-state index in [1.54, 1.807) is 18.3 Å². The van der Waals surface area contributed by atoms with Crippen LogP contribution in [0, 0.1) is 29.1 Å². The van der Waals surface area contributed by atoms with Gasteiger partial charge in [0.15, 0.2) is 11.5 Å². The van der Waals surface area contributed by atoms with Gasteiger partial charge in [-0.1, -0.05) is 33.8 Å². The largest absolute Gasteiger partial charge is 0.489 e. The van der Waals surface area contributed by atoms with Crippen LogP contribution in [-0.4, -0.2) is 119 Å². The van der Waals surface area contributed by atoms with Crippen molar-refractivity contribution in [1.82, 2.24) is 35.6 Å². The van der Waals surface area contributed by atoms with Gasteiger partial charge in [0.2, 0.25) is 17.5 Å². The number of anilines is 2. The van der Waals surface area contributed by atoms with Gasteiger partial charge < -0.3 is 19.9 Å². The number of carbonyl (C=O) groups is 5. The molecule has 16 nitrogen and oxygen atoms in total. The van der Waals surface area contributed by atoms with E-state index in [1.165, 1.54) is 6.07 Å². The zero-order valence-corrected chi connectivity index (χ0v) is 35.7. The Morgan fingerprint density at radius 1 is 0.905 bits per heavy atom. The van der Waals surface area contributed by atoms with E-state index in [9.17, 15) is 24.0 Å². The molecule has 1 saturated carbocycles. The highest BCUT2D eigenvalue weighted by atomic mass is 19.1. The van der Waals surface area contributed by atoms with Gasteiger partial charge in [0.1, 0.15) is 23.7 Å². The summed E-state index contributed by atoms with van der Waals surface area (Å²) >= 11 is 0. The van der Waals surface area contributed by atoms with Crippen molar-refractivity contribution in [1.29, 1.82) is 0 Å². The molecule has 63 heavy (non-hydrogen) atoms. The smallest absolute Gasteiger partial charge is 0.272 e. The molecule has 1 unspecified atom stereocenters. The topological polar surface area (TPSA) is 175 Å². The Labute approximate surface area is 364 Å². The van der Waals surface area contributed by atoms with Crippen LogP contribution in [0.5, 0.6) is 5.75 Å². The minimum absolute atomic E-state index is 0.0103. The van der Waals surface area contributed by atoms with Crippen molar-refractivity contribution in [3.8, 4) is 5.75 Å². The number of aromatic nitrogens is 3. The van der Waals surface area contributed by atoms with Gasteiger partial charge in [0, 0.05) is 80.7 Å². The number of piperazine rings is 1. The van der Waals surface area contributed by atoms with E-state index in [1.807, 2.05) is 29.2 Å². The van der Waals surface area contributed by atoms with Crippen LogP contribution in [0.4, 0.5) is 21.6 Å². The molecule has 9 rings (SSSR count). The second-order valence-electron chi connectivity index (χ2n) is 18.4. The molecule has 1 atom stereocenters. The van der Waals surface area contributed by atoms with Crippen LogP contribution in [0.1, 0.15) is 84.6 Å². The summed E-state index contributed by atoms with van der Waals surface area (Å²) in [6, 6.07) is 12.1. The van der Waals surface area contributed by atoms with E-state index in [4.69, 9.17) is 11.3 Å². The van der Waals surface area contributed by atoms with Gasteiger partial charge in [0.05, 0.1) is 28.9 Å². The number of halogens is 1. The first-order valence-corrected chi connectivity index (χ1v) is 21.5. The molecule has 3 saturated heterocycles. The fraction of sp³-hybridized carbons (Fsp3) is 0.457. The molecule has 4 aromatic rings. The quantitative estimate of drug-likeness (QED) is 0.175. The first kappa shape index (κ1) is 41.8. The third kappa shape index (κ3) is 7.39. The van der Waals surface area contributed by atoms with Crippen LogP contribution in [0.3, 0.4) is 0 Å². The number of nitrogens with zero attached hydrogens (tertiary/aromatic N) is 8. The maximum Gasteiger partial charge on any atom is 0.272 e. The van der Waals surface area contributed by atoms with Crippen LogP contribution in [-0.2, 0) is 9.59 Å². The van der Waals surface area contributed by atoms with Crippen molar-refractivity contribution >= 4 is 57.6 Å². The summed E-state index contributed by atoms with van der Waals surface area (Å²) < 4.78 is 22.1. The van der Waals surface area contributed by atoms with Crippen molar-refractivity contribution in [2.45, 2.75) is 71.6 Å². The molecule has 2 aromatic heterocycles. The standard InChI is InChI=1S/C46H49FN10O6/c1-45(2)43(46(3,4)44(45)63-35-11-8-31(48-5)38-27(35)7-6-16-49-38)51-39(59)32-9-12-36(53-52-32)56-17-14-26(15-18-56)25-54-19-21-55(22-20-54)34-24-29-28(23-30(34)47)41(61)57(42(29)62)33-10-13-37(58)50-40(33)60/h6-9,11-12,16,23-24,26,33,43-44H,10,13-15,17-22,25H2,1-4H3,(H,51,59)(H,50,58,60). The summed E-state index contributed by atoms with van der Waals surface area (Å²) in [6.45, 7) is 20.8. The minimum Gasteiger partial charge on any atom is -0.489 e. The second kappa shape index (κ2) is 16.0. The van der Waals surface area contributed by atoms with Crippen molar-refractivity contribution in [3.63, 3.8) is 0 Å². The summed E-state index contributed by atoms with van der Waals surface area (Å²) in [5, 5.41) is 15.0. The average molecular weight is 857 g/mol. The lowest BCUT2D eigenvalue weighted by molar-refractivity contribution is -0.163. The van der Waals surface area contributed by atoms with Crippen molar-refractivity contribution in [3.05, 3.63) is 88.8 Å². The SMILES string of the molecule is [C-]#[N+]c1ccc(OC2C(C)(C)C(NC(=O)c3ccc(N4CCC(CN5CCN(c6cc7c(cc6F)C(=O)N(C6CCC(=O)NC6=O)C7=O)CC5)CC4)nn3)C2(C)C)c2cccnc12. The molecule has 4 fully saturated rings. The monoisotopic (exact) mass is 856 g/mol. The molecule has 2 aromatic carbocycles. The average Bonchev–Trinajstić information content (AvgIpc) is 3.51. The summed E-state index contributed by atoms with van der Waals surface area (Å²) in [5.74, 6) is -1.61. The highest BCUT2D eigenvalue weighted by Crippen LogP contribution is 2.56. The molecule has 4 aliphatic heterocycles. The number of hydrogen-bond donors (Lipinski definition) is 2. The maximum absolute atomic E-state index is 15.5. The van der Waals surface area contributed by atoms with Crippen LogP contribution in [0.15, 0.2) is 54.7 Å². The lowest BCUT2D eigenvalue weighted by atomic mass is 9.49. The van der Waals surface area contributed by atoms with E-state index >= 15 is 4.39 Å². The van der Waals surface area contributed by atoms with Crippen molar-refractivity contribution in [2.75, 3.05) is 55.6 Å². The van der Waals surface area contributed by atoms with E-state index in [0.717, 1.165) is 54.6 Å². The zero-order chi connectivity index (χ0) is 44.4. The van der Waals surface area contributed by atoms with Crippen molar-refractivity contribution in [2.24, 2.45) is 16.7 Å². The van der Waals surface area contributed by atoms with Gasteiger partial charge in [-0.25, -0.2) is 9.24 Å². The molecular weight excluding hydrogens is 808 g/mol. The Hall–Kier alpha value is -6.54. The fourth-order valence-corrected chi connectivity index (χ4v) is 10.7. The molecule has 17 heteroatoms. The Bertz CT molecular complexity index is 2560. The summed E-state index contributed by atoms with van der Waals surface area (Å²) in [6.07, 6.45) is 3.38. The molecule has 1 aliphatic carbocycles. The number of hydrogen-bond acceptors (Lipinski definition) is 12. The van der Waals surface area contributed by atoms with Gasteiger partial charge in [-0.15, -0.1) is 10.2 Å². The summed E-state index contributed by atoms with van der Waals surface area (Å²) in [4.78, 5) is 79.4. The first-order valence-electron chi connectivity index (χ1n) is 21.5. The number of piperidine rings is 2. The Morgan fingerprint density at radius 2 is 1.62 bits per heavy atom. The van der Waals surface area contributed by atoms with E-state index in [2.05, 4.69) is 68.2 Å². The highest BCUT2D eigenvalue weighted by molar-refractivity contribution is 6.23. The number of fused-ring (bicyclic) bond motifs is 2. The van der Waals surface area contributed by atoms with Gasteiger partial charge in [-0.05, 0) is 67.6 Å². The van der Waals surface area contributed by atoms with Crippen LogP contribution in [0.25, 0.3) is 15.7 Å². The number of benzene rings is 2. The zero-order valence-electron chi connectivity index (χ0n) is 35.7. The molecule has 5 aliphatic rings. The highest BCUT2D eigenvalue weighted by Gasteiger charge is 2.64. The number of ether oxygens (including phenoxy) is 1. The molecule has 0 radical (unpaired) electrons. The summed E-state index contributed by atoms with van der Waals surface area (Å²) in [7, 11) is 0. The van der Waals surface area contributed by atoms with Gasteiger partial charge in [-0.3, -0.25) is 44.1 Å². The molecule has 6 heterocycles. The number of amides is 5. The van der Waals surface area contributed by atoms with Gasteiger partial charge in [-0.2, -0.15) is 0 Å². The van der Waals surface area contributed by atoms with Crippen molar-refractivity contribution < 1.29 is 33.1 Å². The molecule has 326 valence electrons. The van der Waals surface area contributed by atoms with E-state index in [-0.39, 0.29) is 53.4 Å². The molecule has 2 N–H and O–H groups in total. The predicted octanol–water partition coefficient (Wildman–Crippen LogP) is 4.77. The van der Waals surface area contributed by atoms with E-state index < -0.39 is 46.3 Å². The number of nitrogens with one attached hydrogen (secondary N) is 2. The number of imide groups is 2. The van der Waals surface area contributed by atoms with Gasteiger partial charge in [0.25, 0.3) is 17.7 Å². The van der Waals surface area contributed by atoms with E-state index in [0.29, 0.717) is 49.1 Å². The molecule has 5 amide bonds. The van der Waals surface area contributed by atoms with Crippen LogP contribution in [0.2, 0.25) is 0 Å². The Morgan fingerprint density at radius 3 is 2.29 bits per heavy atom. The molecule has 0 spiro atoms. The normalized spacial score (nSPS) is 23.6. The Balaban J connectivity index is 0.748. The number of rotatable bonds is 9. The molecular formula is C46H49FN10O6. The lowest BCUT2D eigenvalue weighted by Crippen LogP contribution is -2.74. The third-order valence-electron chi connectivity index (χ3n) is 13.7. The number of carbonyl (C=O) groups excluding carboxylic acids is 5. The summed E-state index contributed by atoms with van der Waals surface area (Å²) in [5.41, 5.74) is 0.703.